The zero-order chi connectivity index (χ0) is 18.5. The highest BCUT2D eigenvalue weighted by atomic mass is 19.1. The summed E-state index contributed by atoms with van der Waals surface area (Å²) in [4.78, 5) is 26.3. The van der Waals surface area contributed by atoms with E-state index in [4.69, 9.17) is 0 Å². The van der Waals surface area contributed by atoms with Crippen molar-refractivity contribution >= 4 is 17.5 Å². The number of piperidine rings is 1. The summed E-state index contributed by atoms with van der Waals surface area (Å²) >= 11 is 0. The summed E-state index contributed by atoms with van der Waals surface area (Å²) in [6, 6.07) is 12.0. The third kappa shape index (κ3) is 4.45. The Kier molecular flexibility index (Phi) is 5.61. The molecule has 1 aliphatic rings. The zero-order valence-electron chi connectivity index (χ0n) is 14.3. The predicted molar refractivity (Wildman–Crippen MR) is 94.4 cm³/mol. The van der Waals surface area contributed by atoms with Crippen LogP contribution in [0, 0.1) is 17.6 Å². The van der Waals surface area contributed by atoms with Crippen LogP contribution >= 0.6 is 0 Å². The smallest absolute Gasteiger partial charge is 0.227 e. The van der Waals surface area contributed by atoms with Crippen molar-refractivity contribution < 1.29 is 18.4 Å². The van der Waals surface area contributed by atoms with E-state index >= 15 is 0 Å². The van der Waals surface area contributed by atoms with Crippen molar-refractivity contribution in [1.82, 2.24) is 4.90 Å². The van der Waals surface area contributed by atoms with Crippen LogP contribution in [0.2, 0.25) is 0 Å². The largest absolute Gasteiger partial charge is 0.342 e. The number of hydrogen-bond donors (Lipinski definition) is 1. The third-order valence-electron chi connectivity index (χ3n) is 4.59. The Morgan fingerprint density at radius 2 is 1.77 bits per heavy atom. The second-order valence-corrected chi connectivity index (χ2v) is 6.43. The fourth-order valence-corrected chi connectivity index (χ4v) is 3.12. The fraction of sp³-hybridized carbons (Fsp3) is 0.300. The lowest BCUT2D eigenvalue weighted by molar-refractivity contribution is -0.133. The summed E-state index contributed by atoms with van der Waals surface area (Å²) in [6.07, 6.45) is 1.19. The summed E-state index contributed by atoms with van der Waals surface area (Å²) < 4.78 is 26.8. The first-order valence-corrected chi connectivity index (χ1v) is 8.60. The van der Waals surface area contributed by atoms with Gasteiger partial charge in [-0.2, -0.15) is 0 Å². The first kappa shape index (κ1) is 18.0. The van der Waals surface area contributed by atoms with Gasteiger partial charge < -0.3 is 10.2 Å². The Balaban J connectivity index is 1.51. The highest BCUT2D eigenvalue weighted by Crippen LogP contribution is 2.21. The number of amides is 2. The van der Waals surface area contributed by atoms with Crippen LogP contribution in [0.3, 0.4) is 0 Å². The van der Waals surface area contributed by atoms with Crippen molar-refractivity contribution in [3.05, 3.63) is 65.7 Å². The van der Waals surface area contributed by atoms with Gasteiger partial charge in [-0.15, -0.1) is 0 Å². The lowest BCUT2D eigenvalue weighted by Crippen LogP contribution is -2.42. The number of carbonyl (C=O) groups excluding carboxylic acids is 2. The molecule has 3 rings (SSSR count). The van der Waals surface area contributed by atoms with Gasteiger partial charge in [0.25, 0.3) is 0 Å². The molecule has 136 valence electrons. The van der Waals surface area contributed by atoms with Crippen LogP contribution in [0.5, 0.6) is 0 Å². The van der Waals surface area contributed by atoms with Gasteiger partial charge in [0, 0.05) is 19.0 Å². The molecule has 4 nitrogen and oxygen atoms in total. The molecule has 0 aromatic heterocycles. The normalized spacial score (nSPS) is 14.9. The van der Waals surface area contributed by atoms with Gasteiger partial charge in [0.05, 0.1) is 12.1 Å². The maximum atomic E-state index is 13.6. The molecular formula is C20H20F2N2O2. The second-order valence-electron chi connectivity index (χ2n) is 6.43. The lowest BCUT2D eigenvalue weighted by atomic mass is 9.95. The van der Waals surface area contributed by atoms with Gasteiger partial charge in [-0.1, -0.05) is 24.3 Å². The van der Waals surface area contributed by atoms with E-state index in [1.807, 2.05) is 0 Å². The Morgan fingerprint density at radius 3 is 2.46 bits per heavy atom. The van der Waals surface area contributed by atoms with Gasteiger partial charge in [-0.05, 0) is 42.7 Å². The van der Waals surface area contributed by atoms with E-state index in [9.17, 15) is 18.4 Å². The van der Waals surface area contributed by atoms with E-state index in [1.54, 1.807) is 29.2 Å². The molecule has 0 unspecified atom stereocenters. The molecule has 2 aromatic rings. The van der Waals surface area contributed by atoms with Crippen LogP contribution in [0.4, 0.5) is 14.5 Å². The highest BCUT2D eigenvalue weighted by Gasteiger charge is 2.27. The third-order valence-corrected chi connectivity index (χ3v) is 4.59. The van der Waals surface area contributed by atoms with Crippen LogP contribution in [-0.4, -0.2) is 29.8 Å². The fourth-order valence-electron chi connectivity index (χ4n) is 3.12. The molecule has 2 amide bonds. The second kappa shape index (κ2) is 8.08. The molecule has 1 heterocycles. The number of carbonyl (C=O) groups is 2. The van der Waals surface area contributed by atoms with Crippen LogP contribution in [-0.2, 0) is 16.0 Å². The Morgan fingerprint density at radius 1 is 1.04 bits per heavy atom. The summed E-state index contributed by atoms with van der Waals surface area (Å²) in [5, 5.41) is 2.61. The van der Waals surface area contributed by atoms with Gasteiger partial charge in [0.1, 0.15) is 11.6 Å². The van der Waals surface area contributed by atoms with Gasteiger partial charge >= 0.3 is 0 Å². The number of likely N-dealkylation sites (tertiary alicyclic amines) is 1. The minimum Gasteiger partial charge on any atom is -0.342 e. The van der Waals surface area contributed by atoms with Crippen molar-refractivity contribution in [3.63, 3.8) is 0 Å². The first-order valence-electron chi connectivity index (χ1n) is 8.60. The Hall–Kier alpha value is -2.76. The van der Waals surface area contributed by atoms with Gasteiger partial charge in [0.15, 0.2) is 0 Å². The summed E-state index contributed by atoms with van der Waals surface area (Å²) in [5.41, 5.74) is 0.802. The number of anilines is 1. The van der Waals surface area contributed by atoms with Crippen molar-refractivity contribution in [2.45, 2.75) is 19.3 Å². The molecule has 0 atom stereocenters. The first-order chi connectivity index (χ1) is 12.5. The van der Waals surface area contributed by atoms with Gasteiger partial charge in [0.2, 0.25) is 11.8 Å². The van der Waals surface area contributed by atoms with E-state index in [1.165, 1.54) is 24.3 Å². The lowest BCUT2D eigenvalue weighted by Gasteiger charge is -2.31. The summed E-state index contributed by atoms with van der Waals surface area (Å²) in [5.74, 6) is -1.40. The number of benzene rings is 2. The molecule has 2 aromatic carbocycles. The maximum absolute atomic E-state index is 13.6. The van der Waals surface area contributed by atoms with Crippen LogP contribution in [0.25, 0.3) is 0 Å². The molecule has 0 bridgehead atoms. The average Bonchev–Trinajstić information content (AvgIpc) is 2.64. The molecule has 1 saturated heterocycles. The number of nitrogens with one attached hydrogen (secondary N) is 1. The van der Waals surface area contributed by atoms with Crippen molar-refractivity contribution in [2.75, 3.05) is 18.4 Å². The Labute approximate surface area is 150 Å². The van der Waals surface area contributed by atoms with E-state index in [2.05, 4.69) is 5.32 Å². The minimum atomic E-state index is -0.469. The molecule has 0 spiro atoms. The molecule has 1 aliphatic heterocycles. The average molecular weight is 358 g/mol. The highest BCUT2D eigenvalue weighted by molar-refractivity contribution is 5.92. The summed E-state index contributed by atoms with van der Waals surface area (Å²) in [6.45, 7) is 0.924. The zero-order valence-corrected chi connectivity index (χ0v) is 14.3. The van der Waals surface area contributed by atoms with Crippen LogP contribution in [0.1, 0.15) is 18.4 Å². The molecule has 0 radical (unpaired) electrons. The van der Waals surface area contributed by atoms with E-state index < -0.39 is 5.82 Å². The maximum Gasteiger partial charge on any atom is 0.227 e. The SMILES string of the molecule is O=C(Nc1ccccc1F)C1CCN(C(=O)Cc2cccc(F)c2)CC1. The van der Waals surface area contributed by atoms with Crippen molar-refractivity contribution in [3.8, 4) is 0 Å². The Bertz CT molecular complexity index is 802. The number of para-hydroxylation sites is 1. The minimum absolute atomic E-state index is 0.0800. The van der Waals surface area contributed by atoms with Crippen LogP contribution in [0.15, 0.2) is 48.5 Å². The van der Waals surface area contributed by atoms with E-state index in [-0.39, 0.29) is 35.7 Å². The van der Waals surface area contributed by atoms with E-state index in [0.29, 0.717) is 31.5 Å². The van der Waals surface area contributed by atoms with Gasteiger partial charge in [-0.3, -0.25) is 9.59 Å². The predicted octanol–water partition coefficient (Wildman–Crippen LogP) is 3.38. The molecular weight excluding hydrogens is 338 g/mol. The molecule has 6 heteroatoms. The number of halogens is 2. The molecule has 0 saturated carbocycles. The molecule has 26 heavy (non-hydrogen) atoms. The number of rotatable bonds is 4. The van der Waals surface area contributed by atoms with E-state index in [0.717, 1.165) is 0 Å². The van der Waals surface area contributed by atoms with Gasteiger partial charge in [-0.25, -0.2) is 8.78 Å². The van der Waals surface area contributed by atoms with Crippen molar-refractivity contribution in [2.24, 2.45) is 5.92 Å². The number of hydrogen-bond acceptors (Lipinski definition) is 2. The standard InChI is InChI=1S/C20H20F2N2O2/c21-16-5-3-4-14(12-16)13-19(25)24-10-8-15(9-11-24)20(26)23-18-7-2-1-6-17(18)22/h1-7,12,15H,8-11,13H2,(H,23,26). The molecule has 1 fully saturated rings. The topological polar surface area (TPSA) is 49.4 Å². The van der Waals surface area contributed by atoms with Crippen molar-refractivity contribution in [1.29, 1.82) is 0 Å². The monoisotopic (exact) mass is 358 g/mol. The molecule has 0 aliphatic carbocycles. The summed E-state index contributed by atoms with van der Waals surface area (Å²) in [7, 11) is 0. The quantitative estimate of drug-likeness (QED) is 0.911. The molecule has 1 N–H and O–H groups in total. The number of nitrogens with zero attached hydrogens (tertiary/aromatic N) is 1. The van der Waals surface area contributed by atoms with Crippen LogP contribution < -0.4 is 5.32 Å².